The SMILES string of the molecule is Nc1nc(O[C@H](c2ccc(Cl)cc2C2=CCCCC2)C(F)(F)F)cc(N2CCC3(CC2)CN[C@H](C(=O)O)C3)n1. The molecular formula is C27H31ClF3N5O3. The summed E-state index contributed by atoms with van der Waals surface area (Å²) in [6.07, 6.45) is 0.300. The zero-order valence-corrected chi connectivity index (χ0v) is 22.1. The van der Waals surface area contributed by atoms with Gasteiger partial charge in [-0.25, -0.2) is 0 Å². The van der Waals surface area contributed by atoms with Crippen LogP contribution in [-0.4, -0.2) is 52.9 Å². The number of piperidine rings is 1. The maximum atomic E-state index is 14.4. The molecular weight excluding hydrogens is 535 g/mol. The van der Waals surface area contributed by atoms with Gasteiger partial charge in [0, 0.05) is 36.3 Å². The molecule has 2 aromatic rings. The average molecular weight is 566 g/mol. The quantitative estimate of drug-likeness (QED) is 0.427. The van der Waals surface area contributed by atoms with Gasteiger partial charge in [-0.1, -0.05) is 23.7 Å². The van der Waals surface area contributed by atoms with E-state index in [1.165, 1.54) is 18.2 Å². The van der Waals surface area contributed by atoms with Crippen molar-refractivity contribution in [3.63, 3.8) is 0 Å². The first-order chi connectivity index (χ1) is 18.5. The minimum Gasteiger partial charge on any atom is -0.480 e. The fraction of sp³-hybridized carbons (Fsp3) is 0.519. The van der Waals surface area contributed by atoms with Gasteiger partial charge in [0.05, 0.1) is 0 Å². The number of carboxylic acids is 1. The third-order valence-electron chi connectivity index (χ3n) is 7.98. The third kappa shape index (κ3) is 6.09. The molecule has 1 spiro atoms. The Morgan fingerprint density at radius 3 is 2.64 bits per heavy atom. The summed E-state index contributed by atoms with van der Waals surface area (Å²) < 4.78 is 48.9. The molecule has 2 saturated heterocycles. The maximum Gasteiger partial charge on any atom is 0.429 e. The highest BCUT2D eigenvalue weighted by atomic mass is 35.5. The third-order valence-corrected chi connectivity index (χ3v) is 8.22. The molecule has 2 atom stereocenters. The van der Waals surface area contributed by atoms with E-state index in [0.29, 0.717) is 48.9 Å². The highest BCUT2D eigenvalue weighted by Crippen LogP contribution is 2.43. The minimum atomic E-state index is -4.73. The number of anilines is 2. The second-order valence-corrected chi connectivity index (χ2v) is 11.1. The van der Waals surface area contributed by atoms with Gasteiger partial charge in [-0.15, -0.1) is 0 Å². The monoisotopic (exact) mass is 565 g/mol. The summed E-state index contributed by atoms with van der Waals surface area (Å²) in [7, 11) is 0. The Hall–Kier alpha value is -3.05. The van der Waals surface area contributed by atoms with Gasteiger partial charge in [-0.2, -0.15) is 23.1 Å². The molecule has 8 nitrogen and oxygen atoms in total. The van der Waals surface area contributed by atoms with Gasteiger partial charge in [0.25, 0.3) is 0 Å². The number of halogens is 4. The van der Waals surface area contributed by atoms with Gasteiger partial charge < -0.3 is 25.8 Å². The molecule has 2 aliphatic heterocycles. The van der Waals surface area contributed by atoms with Crippen LogP contribution < -0.4 is 20.7 Å². The van der Waals surface area contributed by atoms with Gasteiger partial charge in [0.2, 0.25) is 17.9 Å². The normalized spacial score (nSPS) is 22.0. The predicted molar refractivity (Wildman–Crippen MR) is 142 cm³/mol. The molecule has 210 valence electrons. The predicted octanol–water partition coefficient (Wildman–Crippen LogP) is 5.39. The first-order valence-corrected chi connectivity index (χ1v) is 13.5. The fourth-order valence-electron chi connectivity index (χ4n) is 5.88. The lowest BCUT2D eigenvalue weighted by Crippen LogP contribution is -2.41. The first-order valence-electron chi connectivity index (χ1n) is 13.1. The van der Waals surface area contributed by atoms with Crippen LogP contribution in [0.5, 0.6) is 5.88 Å². The summed E-state index contributed by atoms with van der Waals surface area (Å²) in [6.45, 7) is 1.73. The highest BCUT2D eigenvalue weighted by Gasteiger charge is 2.46. The van der Waals surface area contributed by atoms with E-state index in [1.807, 2.05) is 11.0 Å². The number of benzene rings is 1. The summed E-state index contributed by atoms with van der Waals surface area (Å²) in [6, 6.07) is 5.18. The number of nitrogen functional groups attached to an aromatic ring is 1. The Morgan fingerprint density at radius 1 is 1.23 bits per heavy atom. The molecule has 3 heterocycles. The molecule has 5 rings (SSSR count). The smallest absolute Gasteiger partial charge is 0.429 e. The van der Waals surface area contributed by atoms with Crippen molar-refractivity contribution >= 4 is 34.9 Å². The van der Waals surface area contributed by atoms with Crippen LogP contribution in [0.4, 0.5) is 24.9 Å². The number of ether oxygens (including phenoxy) is 1. The van der Waals surface area contributed by atoms with Crippen molar-refractivity contribution in [3.05, 3.63) is 46.5 Å². The number of aliphatic carboxylic acids is 1. The molecule has 0 unspecified atom stereocenters. The van der Waals surface area contributed by atoms with E-state index in [1.54, 1.807) is 6.07 Å². The molecule has 1 aliphatic carbocycles. The number of carbonyl (C=O) groups is 1. The van der Waals surface area contributed by atoms with Gasteiger partial charge in [0.1, 0.15) is 11.9 Å². The number of allylic oxidation sites excluding steroid dienone is 2. The summed E-state index contributed by atoms with van der Waals surface area (Å²) in [5.41, 5.74) is 7.01. The second-order valence-electron chi connectivity index (χ2n) is 10.6. The molecule has 4 N–H and O–H groups in total. The van der Waals surface area contributed by atoms with Crippen LogP contribution in [0.3, 0.4) is 0 Å². The lowest BCUT2D eigenvalue weighted by Gasteiger charge is -2.39. The van der Waals surface area contributed by atoms with Crippen LogP contribution in [0.2, 0.25) is 5.02 Å². The number of nitrogens with zero attached hydrogens (tertiary/aromatic N) is 3. The average Bonchev–Trinajstić information content (AvgIpc) is 3.31. The van der Waals surface area contributed by atoms with E-state index in [-0.39, 0.29) is 22.8 Å². The van der Waals surface area contributed by atoms with E-state index >= 15 is 0 Å². The van der Waals surface area contributed by atoms with Crippen molar-refractivity contribution in [2.45, 2.75) is 63.3 Å². The number of rotatable bonds is 6. The first kappa shape index (κ1) is 27.5. The van der Waals surface area contributed by atoms with Gasteiger partial charge in [-0.05, 0) is 73.6 Å². The molecule has 1 aromatic heterocycles. The number of hydrogen-bond donors (Lipinski definition) is 3. The van der Waals surface area contributed by atoms with Crippen molar-refractivity contribution in [2.24, 2.45) is 5.41 Å². The van der Waals surface area contributed by atoms with Gasteiger partial charge >= 0.3 is 12.1 Å². The van der Waals surface area contributed by atoms with E-state index in [2.05, 4.69) is 15.3 Å². The van der Waals surface area contributed by atoms with Crippen molar-refractivity contribution < 1.29 is 27.8 Å². The van der Waals surface area contributed by atoms with Crippen LogP contribution in [0, 0.1) is 5.41 Å². The summed E-state index contributed by atoms with van der Waals surface area (Å²) in [5, 5.41) is 12.7. The van der Waals surface area contributed by atoms with Crippen LogP contribution >= 0.6 is 11.6 Å². The number of aromatic nitrogens is 2. The molecule has 0 saturated carbocycles. The standard InChI is InChI=1S/C27H31ClF3N5O3/c28-17-6-7-18(19(12-17)16-4-2-1-3-5-16)23(27(29,30)31)39-22-13-21(34-25(32)35-22)36-10-8-26(9-11-36)14-20(24(37)38)33-15-26/h4,6-7,12-13,20,23,33H,1-3,5,8-11,14-15H2,(H,37,38)(H2,32,34,35)/t20-,23+/m0/s1. The largest absolute Gasteiger partial charge is 0.480 e. The molecule has 2 fully saturated rings. The zero-order chi connectivity index (χ0) is 27.8. The number of nitrogens with one attached hydrogen (secondary N) is 1. The molecule has 39 heavy (non-hydrogen) atoms. The maximum absolute atomic E-state index is 14.4. The van der Waals surface area contributed by atoms with Crippen LogP contribution in [0.15, 0.2) is 30.3 Å². The topological polar surface area (TPSA) is 114 Å². The lowest BCUT2D eigenvalue weighted by molar-refractivity contribution is -0.198. The van der Waals surface area contributed by atoms with Crippen LogP contribution in [0.1, 0.15) is 62.2 Å². The van der Waals surface area contributed by atoms with E-state index in [0.717, 1.165) is 37.7 Å². The van der Waals surface area contributed by atoms with Crippen LogP contribution in [-0.2, 0) is 4.79 Å². The molecule has 0 amide bonds. The number of alkyl halides is 3. The molecule has 1 aromatic carbocycles. The summed E-state index contributed by atoms with van der Waals surface area (Å²) in [5.74, 6) is -0.946. The Labute approximate surface area is 229 Å². The fourth-order valence-corrected chi connectivity index (χ4v) is 6.05. The molecule has 12 heteroatoms. The van der Waals surface area contributed by atoms with Crippen molar-refractivity contribution in [1.29, 1.82) is 0 Å². The zero-order valence-electron chi connectivity index (χ0n) is 21.3. The van der Waals surface area contributed by atoms with Gasteiger partial charge in [-0.3, -0.25) is 4.79 Å². The molecule has 0 bridgehead atoms. The van der Waals surface area contributed by atoms with Crippen LogP contribution in [0.25, 0.3) is 5.57 Å². The Bertz CT molecular complexity index is 1260. The Morgan fingerprint density at radius 2 is 2.00 bits per heavy atom. The lowest BCUT2D eigenvalue weighted by atomic mass is 9.76. The Balaban J connectivity index is 1.39. The number of carboxylic acid groups (broad SMARTS) is 1. The second kappa shape index (κ2) is 10.8. The minimum absolute atomic E-state index is 0.0274. The summed E-state index contributed by atoms with van der Waals surface area (Å²) >= 11 is 6.19. The number of nitrogens with two attached hydrogens (primary N) is 1. The van der Waals surface area contributed by atoms with Crippen molar-refractivity contribution in [1.82, 2.24) is 15.3 Å². The van der Waals surface area contributed by atoms with Crippen molar-refractivity contribution in [3.8, 4) is 5.88 Å². The Kier molecular flexibility index (Phi) is 7.65. The van der Waals surface area contributed by atoms with E-state index < -0.39 is 24.3 Å². The van der Waals surface area contributed by atoms with Crippen molar-refractivity contribution in [2.75, 3.05) is 30.3 Å². The number of hydrogen-bond acceptors (Lipinski definition) is 7. The van der Waals surface area contributed by atoms with E-state index in [4.69, 9.17) is 22.1 Å². The molecule has 3 aliphatic rings. The van der Waals surface area contributed by atoms with E-state index in [9.17, 15) is 23.1 Å². The van der Waals surface area contributed by atoms with Gasteiger partial charge in [0.15, 0.2) is 0 Å². The molecule has 0 radical (unpaired) electrons. The highest BCUT2D eigenvalue weighted by molar-refractivity contribution is 6.30. The summed E-state index contributed by atoms with van der Waals surface area (Å²) in [4.78, 5) is 21.5.